The first-order valence-corrected chi connectivity index (χ1v) is 11.8. The van der Waals surface area contributed by atoms with Crippen LogP contribution >= 0.6 is 23.1 Å². The number of rotatable bonds is 6. The first-order valence-electron chi connectivity index (χ1n) is 10.0. The van der Waals surface area contributed by atoms with Gasteiger partial charge in [0.05, 0.1) is 5.75 Å². The lowest BCUT2D eigenvalue weighted by Crippen LogP contribution is -2.15. The predicted molar refractivity (Wildman–Crippen MR) is 132 cm³/mol. The summed E-state index contributed by atoms with van der Waals surface area (Å²) in [7, 11) is 0. The highest BCUT2D eigenvalue weighted by molar-refractivity contribution is 8.01. The Morgan fingerprint density at radius 2 is 1.66 bits per heavy atom. The molecule has 4 rings (SSSR count). The van der Waals surface area contributed by atoms with Crippen molar-refractivity contribution in [1.82, 2.24) is 10.2 Å². The van der Waals surface area contributed by atoms with Gasteiger partial charge >= 0.3 is 0 Å². The number of aryl methyl sites for hydroxylation is 3. The van der Waals surface area contributed by atoms with E-state index in [1.165, 1.54) is 28.7 Å². The molecule has 0 aliphatic rings. The van der Waals surface area contributed by atoms with Gasteiger partial charge in [0, 0.05) is 11.3 Å². The summed E-state index contributed by atoms with van der Waals surface area (Å²) in [6.45, 7) is 6.00. The maximum atomic E-state index is 12.8. The van der Waals surface area contributed by atoms with Crippen LogP contribution in [0.4, 0.5) is 10.8 Å². The molecule has 8 heteroatoms. The lowest BCUT2D eigenvalue weighted by atomic mass is 10.0. The number of anilines is 2. The van der Waals surface area contributed by atoms with E-state index in [4.69, 9.17) is 0 Å². The minimum Gasteiger partial charge on any atom is -0.325 e. The zero-order chi connectivity index (χ0) is 22.7. The van der Waals surface area contributed by atoms with E-state index >= 15 is 0 Å². The van der Waals surface area contributed by atoms with Gasteiger partial charge in [-0.15, -0.1) is 10.2 Å². The summed E-state index contributed by atoms with van der Waals surface area (Å²) in [5.74, 6) is -0.141. The number of carbonyl (C=O) groups is 2. The van der Waals surface area contributed by atoms with Crippen LogP contribution in [-0.4, -0.2) is 27.8 Å². The highest BCUT2D eigenvalue weighted by Gasteiger charge is 2.14. The monoisotopic (exact) mass is 462 g/mol. The Hall–Kier alpha value is -3.23. The number of benzene rings is 3. The van der Waals surface area contributed by atoms with Gasteiger partial charge in [-0.3, -0.25) is 14.9 Å². The number of aromatic nitrogens is 2. The third kappa shape index (κ3) is 4.98. The van der Waals surface area contributed by atoms with Crippen LogP contribution in [0.3, 0.4) is 0 Å². The molecule has 1 aromatic heterocycles. The number of hydrogen-bond acceptors (Lipinski definition) is 6. The normalized spacial score (nSPS) is 10.8. The van der Waals surface area contributed by atoms with Crippen molar-refractivity contribution in [3.8, 4) is 0 Å². The van der Waals surface area contributed by atoms with Crippen molar-refractivity contribution in [2.75, 3.05) is 16.4 Å². The van der Waals surface area contributed by atoms with Crippen LogP contribution in [0.15, 0.2) is 58.9 Å². The van der Waals surface area contributed by atoms with Gasteiger partial charge in [0.1, 0.15) is 0 Å². The molecular weight excluding hydrogens is 440 g/mol. The number of thioether (sulfide) groups is 1. The standard InChI is InChI=1S/C24H22N4O2S2/c1-14-11-15(2)21(16(3)12-14)25-20(29)13-31-24-28-27-23(32-24)26-22(30)19-10-6-8-17-7-4-5-9-18(17)19/h4-12H,13H2,1-3H3,(H,25,29)(H,26,27,30). The minimum atomic E-state index is -0.238. The van der Waals surface area contributed by atoms with E-state index in [0.717, 1.165) is 27.6 Å². The Morgan fingerprint density at radius 3 is 2.44 bits per heavy atom. The summed E-state index contributed by atoms with van der Waals surface area (Å²) in [4.78, 5) is 25.2. The van der Waals surface area contributed by atoms with E-state index in [9.17, 15) is 9.59 Å². The SMILES string of the molecule is Cc1cc(C)c(NC(=O)CSc2nnc(NC(=O)c3cccc4ccccc34)s2)c(C)c1. The van der Waals surface area contributed by atoms with Gasteiger partial charge in [-0.1, -0.05) is 77.2 Å². The van der Waals surface area contributed by atoms with Crippen molar-refractivity contribution in [2.45, 2.75) is 25.1 Å². The van der Waals surface area contributed by atoms with Crippen molar-refractivity contribution < 1.29 is 9.59 Å². The van der Waals surface area contributed by atoms with Crippen LogP contribution < -0.4 is 10.6 Å². The second-order valence-corrected chi connectivity index (χ2v) is 9.66. The fourth-order valence-corrected chi connectivity index (χ4v) is 5.13. The Morgan fingerprint density at radius 1 is 0.938 bits per heavy atom. The van der Waals surface area contributed by atoms with Gasteiger partial charge < -0.3 is 5.32 Å². The average Bonchev–Trinajstić information content (AvgIpc) is 3.21. The zero-order valence-corrected chi connectivity index (χ0v) is 19.6. The molecule has 2 amide bonds. The van der Waals surface area contributed by atoms with Gasteiger partial charge in [0.25, 0.3) is 5.91 Å². The highest BCUT2D eigenvalue weighted by Crippen LogP contribution is 2.28. The first kappa shape index (κ1) is 22.0. The second-order valence-electron chi connectivity index (χ2n) is 7.46. The molecule has 0 atom stereocenters. The van der Waals surface area contributed by atoms with Crippen molar-refractivity contribution in [2.24, 2.45) is 0 Å². The van der Waals surface area contributed by atoms with Gasteiger partial charge in [-0.05, 0) is 48.7 Å². The number of fused-ring (bicyclic) bond motifs is 1. The van der Waals surface area contributed by atoms with Gasteiger partial charge in [-0.25, -0.2) is 0 Å². The molecule has 0 bridgehead atoms. The van der Waals surface area contributed by atoms with Gasteiger partial charge in [0.2, 0.25) is 11.0 Å². The van der Waals surface area contributed by atoms with Crippen LogP contribution in [0, 0.1) is 20.8 Å². The molecule has 0 unspecified atom stereocenters. The van der Waals surface area contributed by atoms with Crippen LogP contribution in [0.2, 0.25) is 0 Å². The van der Waals surface area contributed by atoms with Crippen molar-refractivity contribution >= 4 is 56.5 Å². The molecule has 0 saturated carbocycles. The maximum absolute atomic E-state index is 12.8. The quantitative estimate of drug-likeness (QED) is 0.288. The lowest BCUT2D eigenvalue weighted by Gasteiger charge is -2.12. The maximum Gasteiger partial charge on any atom is 0.258 e. The van der Waals surface area contributed by atoms with Crippen molar-refractivity contribution in [1.29, 1.82) is 0 Å². The molecule has 0 radical (unpaired) electrons. The summed E-state index contributed by atoms with van der Waals surface area (Å²) in [5, 5.41) is 16.2. The van der Waals surface area contributed by atoms with Gasteiger partial charge in [-0.2, -0.15) is 0 Å². The summed E-state index contributed by atoms with van der Waals surface area (Å²) in [5.41, 5.74) is 4.67. The third-order valence-electron chi connectivity index (χ3n) is 4.93. The van der Waals surface area contributed by atoms with Crippen LogP contribution in [0.1, 0.15) is 27.0 Å². The van der Waals surface area contributed by atoms with E-state index in [1.54, 1.807) is 6.07 Å². The third-order valence-corrected chi connectivity index (χ3v) is 6.90. The van der Waals surface area contributed by atoms with Crippen molar-refractivity contribution in [3.63, 3.8) is 0 Å². The molecule has 162 valence electrons. The molecule has 4 aromatic rings. The molecule has 0 aliphatic carbocycles. The number of carbonyl (C=O) groups excluding carboxylic acids is 2. The van der Waals surface area contributed by atoms with Crippen LogP contribution in [0.5, 0.6) is 0 Å². The van der Waals surface area contributed by atoms with Crippen LogP contribution in [-0.2, 0) is 4.79 Å². The Labute approximate surface area is 194 Å². The van der Waals surface area contributed by atoms with E-state index in [1.807, 2.05) is 69.3 Å². The average molecular weight is 463 g/mol. The van der Waals surface area contributed by atoms with Crippen molar-refractivity contribution in [3.05, 3.63) is 76.9 Å². The number of nitrogens with zero attached hydrogens (tertiary/aromatic N) is 2. The molecule has 2 N–H and O–H groups in total. The molecular formula is C24H22N4O2S2. The number of nitrogens with one attached hydrogen (secondary N) is 2. The van der Waals surface area contributed by atoms with Gasteiger partial charge in [0.15, 0.2) is 4.34 Å². The molecule has 3 aromatic carbocycles. The smallest absolute Gasteiger partial charge is 0.258 e. The Balaban J connectivity index is 1.37. The predicted octanol–water partition coefficient (Wildman–Crippen LogP) is 5.60. The Kier molecular flexibility index (Phi) is 6.53. The summed E-state index contributed by atoms with van der Waals surface area (Å²) >= 11 is 2.54. The lowest BCUT2D eigenvalue weighted by molar-refractivity contribution is -0.113. The summed E-state index contributed by atoms with van der Waals surface area (Å²) < 4.78 is 0.616. The fraction of sp³-hybridized carbons (Fsp3) is 0.167. The van der Waals surface area contributed by atoms with E-state index < -0.39 is 0 Å². The zero-order valence-electron chi connectivity index (χ0n) is 17.9. The number of hydrogen-bond donors (Lipinski definition) is 2. The fourth-order valence-electron chi connectivity index (χ4n) is 3.59. The van der Waals surface area contributed by atoms with E-state index in [2.05, 4.69) is 20.8 Å². The van der Waals surface area contributed by atoms with E-state index in [0.29, 0.717) is 15.0 Å². The molecule has 0 saturated heterocycles. The topological polar surface area (TPSA) is 84.0 Å². The minimum absolute atomic E-state index is 0.110. The molecule has 0 fully saturated rings. The van der Waals surface area contributed by atoms with E-state index in [-0.39, 0.29) is 17.6 Å². The molecule has 0 aliphatic heterocycles. The second kappa shape index (κ2) is 9.50. The molecule has 6 nitrogen and oxygen atoms in total. The summed E-state index contributed by atoms with van der Waals surface area (Å²) in [6.07, 6.45) is 0. The molecule has 0 spiro atoms. The summed E-state index contributed by atoms with van der Waals surface area (Å²) in [6, 6.07) is 17.4. The first-order chi connectivity index (χ1) is 15.4. The number of amides is 2. The largest absolute Gasteiger partial charge is 0.325 e. The molecule has 32 heavy (non-hydrogen) atoms. The molecule has 1 heterocycles. The Bertz CT molecular complexity index is 1290. The van der Waals surface area contributed by atoms with Crippen LogP contribution in [0.25, 0.3) is 10.8 Å². The highest BCUT2D eigenvalue weighted by atomic mass is 32.2.